The number of nitrogens with zero attached hydrogens (tertiary/aromatic N) is 5. The van der Waals surface area contributed by atoms with Crippen LogP contribution in [0.5, 0.6) is 0 Å². The van der Waals surface area contributed by atoms with Crippen molar-refractivity contribution in [2.45, 2.75) is 25.0 Å². The van der Waals surface area contributed by atoms with Crippen molar-refractivity contribution in [1.82, 2.24) is 24.8 Å². The van der Waals surface area contributed by atoms with Crippen LogP contribution in [-0.4, -0.2) is 69.1 Å². The quantitative estimate of drug-likeness (QED) is 0.835. The summed E-state index contributed by atoms with van der Waals surface area (Å²) in [7, 11) is 1.72. The van der Waals surface area contributed by atoms with E-state index >= 15 is 0 Å². The molecule has 0 saturated carbocycles. The number of aryl methyl sites for hydroxylation is 1. The van der Waals surface area contributed by atoms with Gasteiger partial charge in [0, 0.05) is 26.4 Å². The Labute approximate surface area is 139 Å². The van der Waals surface area contributed by atoms with Crippen LogP contribution in [0.3, 0.4) is 0 Å². The van der Waals surface area contributed by atoms with Crippen molar-refractivity contribution < 1.29 is 14.3 Å². The van der Waals surface area contributed by atoms with Crippen LogP contribution in [0, 0.1) is 0 Å². The molecule has 24 heavy (non-hydrogen) atoms. The zero-order valence-corrected chi connectivity index (χ0v) is 13.5. The molecule has 2 fully saturated rings. The highest BCUT2D eigenvalue weighted by molar-refractivity contribution is 5.78. The molecule has 1 atom stereocenters. The van der Waals surface area contributed by atoms with E-state index in [9.17, 15) is 9.59 Å². The van der Waals surface area contributed by atoms with E-state index in [0.29, 0.717) is 39.0 Å². The third-order valence-electron chi connectivity index (χ3n) is 4.77. The first kappa shape index (κ1) is 14.9. The summed E-state index contributed by atoms with van der Waals surface area (Å²) in [6.07, 6.45) is 0.743. The van der Waals surface area contributed by atoms with Crippen LogP contribution in [0.1, 0.15) is 12.8 Å². The maximum Gasteiger partial charge on any atom is 0.410 e. The maximum absolute atomic E-state index is 12.5. The van der Waals surface area contributed by atoms with E-state index in [1.807, 2.05) is 24.3 Å². The first-order valence-electron chi connectivity index (χ1n) is 8.06. The van der Waals surface area contributed by atoms with Gasteiger partial charge < -0.3 is 14.5 Å². The van der Waals surface area contributed by atoms with Crippen molar-refractivity contribution in [2.75, 3.05) is 26.7 Å². The van der Waals surface area contributed by atoms with Crippen LogP contribution in [-0.2, 0) is 16.1 Å². The fraction of sp³-hybridized carbons (Fsp3) is 0.500. The predicted octanol–water partition coefficient (Wildman–Crippen LogP) is 0.875. The molecule has 0 unspecified atom stereocenters. The largest absolute Gasteiger partial charge is 0.439 e. The van der Waals surface area contributed by atoms with Gasteiger partial charge in [0.25, 0.3) is 0 Å². The Balaban J connectivity index is 1.38. The van der Waals surface area contributed by atoms with Crippen LogP contribution < -0.4 is 0 Å². The topological polar surface area (TPSA) is 80.6 Å². The van der Waals surface area contributed by atoms with E-state index in [1.54, 1.807) is 21.5 Å². The average Bonchev–Trinajstić information content (AvgIpc) is 3.24. The van der Waals surface area contributed by atoms with Gasteiger partial charge >= 0.3 is 6.09 Å². The van der Waals surface area contributed by atoms with E-state index in [1.165, 1.54) is 0 Å². The Morgan fingerprint density at radius 3 is 2.96 bits per heavy atom. The van der Waals surface area contributed by atoms with E-state index in [0.717, 1.165) is 11.0 Å². The summed E-state index contributed by atoms with van der Waals surface area (Å²) in [6.45, 7) is 2.13. The summed E-state index contributed by atoms with van der Waals surface area (Å²) in [5.41, 5.74) is 1.22. The van der Waals surface area contributed by atoms with Gasteiger partial charge in [-0.15, -0.1) is 5.10 Å². The lowest BCUT2D eigenvalue weighted by atomic mass is 10.0. The SMILES string of the molecule is CN1C[C@@]2(CCN(C(=O)CCn3nnc4ccccc43)C2)OC1=O. The second-order valence-electron chi connectivity index (χ2n) is 6.52. The summed E-state index contributed by atoms with van der Waals surface area (Å²) < 4.78 is 7.23. The van der Waals surface area contributed by atoms with Gasteiger partial charge in [-0.1, -0.05) is 17.3 Å². The Morgan fingerprint density at radius 1 is 1.33 bits per heavy atom. The lowest BCUT2D eigenvalue weighted by molar-refractivity contribution is -0.131. The van der Waals surface area contributed by atoms with Gasteiger partial charge in [0.1, 0.15) is 5.52 Å². The number of hydrogen-bond donors (Lipinski definition) is 0. The molecule has 3 heterocycles. The highest BCUT2D eigenvalue weighted by Crippen LogP contribution is 2.32. The van der Waals surface area contributed by atoms with Crippen LogP contribution in [0.25, 0.3) is 11.0 Å². The molecule has 0 N–H and O–H groups in total. The molecule has 126 valence electrons. The second kappa shape index (κ2) is 5.47. The number of carbonyl (C=O) groups is 2. The number of aromatic nitrogens is 3. The summed E-state index contributed by atoms with van der Waals surface area (Å²) in [4.78, 5) is 27.4. The van der Waals surface area contributed by atoms with Gasteiger partial charge in [-0.05, 0) is 12.1 Å². The fourth-order valence-electron chi connectivity index (χ4n) is 3.50. The smallest absolute Gasteiger partial charge is 0.410 e. The minimum atomic E-state index is -0.526. The third-order valence-corrected chi connectivity index (χ3v) is 4.77. The molecule has 0 aliphatic carbocycles. The number of para-hydroxylation sites is 1. The van der Waals surface area contributed by atoms with Gasteiger partial charge in [0.2, 0.25) is 5.91 Å². The molecule has 2 amide bonds. The van der Waals surface area contributed by atoms with Crippen LogP contribution >= 0.6 is 0 Å². The molecule has 1 aromatic carbocycles. The van der Waals surface area contributed by atoms with E-state index < -0.39 is 5.60 Å². The first-order valence-corrected chi connectivity index (χ1v) is 8.06. The van der Waals surface area contributed by atoms with Crippen molar-refractivity contribution in [3.05, 3.63) is 24.3 Å². The van der Waals surface area contributed by atoms with Crippen molar-refractivity contribution >= 4 is 23.0 Å². The zero-order chi connectivity index (χ0) is 16.7. The first-order chi connectivity index (χ1) is 11.6. The number of rotatable bonds is 3. The summed E-state index contributed by atoms with van der Waals surface area (Å²) >= 11 is 0. The van der Waals surface area contributed by atoms with Gasteiger partial charge in [0.15, 0.2) is 5.60 Å². The van der Waals surface area contributed by atoms with Crippen molar-refractivity contribution in [1.29, 1.82) is 0 Å². The number of ether oxygens (including phenoxy) is 1. The molecule has 8 heteroatoms. The second-order valence-corrected chi connectivity index (χ2v) is 6.52. The number of likely N-dealkylation sites (N-methyl/N-ethyl adjacent to an activating group) is 1. The molecule has 2 saturated heterocycles. The number of fused-ring (bicyclic) bond motifs is 1. The lowest BCUT2D eigenvalue weighted by Gasteiger charge is -2.21. The lowest BCUT2D eigenvalue weighted by Crippen LogP contribution is -2.39. The van der Waals surface area contributed by atoms with Crippen LogP contribution in [0.15, 0.2) is 24.3 Å². The number of amides is 2. The Hall–Kier alpha value is -2.64. The number of likely N-dealkylation sites (tertiary alicyclic amines) is 1. The number of hydrogen-bond acceptors (Lipinski definition) is 5. The molecule has 0 radical (unpaired) electrons. The van der Waals surface area contributed by atoms with Crippen LogP contribution in [0.4, 0.5) is 4.79 Å². The zero-order valence-electron chi connectivity index (χ0n) is 13.5. The molecular weight excluding hydrogens is 310 g/mol. The molecule has 1 aromatic heterocycles. The molecule has 2 aliphatic rings. The normalized spacial score (nSPS) is 23.5. The summed E-state index contributed by atoms with van der Waals surface area (Å²) in [6, 6.07) is 7.68. The number of carbonyl (C=O) groups excluding carboxylic acids is 2. The molecule has 4 rings (SSSR count). The van der Waals surface area contributed by atoms with Crippen molar-refractivity contribution in [3.63, 3.8) is 0 Å². The highest BCUT2D eigenvalue weighted by Gasteiger charge is 2.49. The predicted molar refractivity (Wildman–Crippen MR) is 85.2 cm³/mol. The van der Waals surface area contributed by atoms with Gasteiger partial charge in [0.05, 0.1) is 25.2 Å². The van der Waals surface area contributed by atoms with Gasteiger partial charge in [-0.2, -0.15) is 0 Å². The Kier molecular flexibility index (Phi) is 3.40. The standard InChI is InChI=1S/C16H19N5O3/c1-19-10-16(24-15(19)23)7-9-20(11-16)14(22)6-8-21-13-5-3-2-4-12(13)17-18-21/h2-5H,6-11H2,1H3/t16-/m1/s1. The Bertz CT molecular complexity index is 804. The molecule has 2 aliphatic heterocycles. The molecular formula is C16H19N5O3. The summed E-state index contributed by atoms with van der Waals surface area (Å²) in [5, 5.41) is 8.20. The molecule has 1 spiro atoms. The third kappa shape index (κ3) is 2.47. The average molecular weight is 329 g/mol. The van der Waals surface area contributed by atoms with Gasteiger partial charge in [-0.25, -0.2) is 9.48 Å². The monoisotopic (exact) mass is 329 g/mol. The van der Waals surface area contributed by atoms with Crippen molar-refractivity contribution in [2.24, 2.45) is 0 Å². The molecule has 2 aromatic rings. The van der Waals surface area contributed by atoms with E-state index in [2.05, 4.69) is 10.3 Å². The minimum Gasteiger partial charge on any atom is -0.439 e. The molecule has 0 bridgehead atoms. The van der Waals surface area contributed by atoms with E-state index in [4.69, 9.17) is 4.74 Å². The maximum atomic E-state index is 12.5. The summed E-state index contributed by atoms with van der Waals surface area (Å²) in [5.74, 6) is 0.0528. The van der Waals surface area contributed by atoms with Crippen LogP contribution in [0.2, 0.25) is 0 Å². The van der Waals surface area contributed by atoms with Gasteiger partial charge in [-0.3, -0.25) is 4.79 Å². The highest BCUT2D eigenvalue weighted by atomic mass is 16.6. The number of benzene rings is 1. The van der Waals surface area contributed by atoms with Crippen molar-refractivity contribution in [3.8, 4) is 0 Å². The minimum absolute atomic E-state index is 0.0528. The molecule has 8 nitrogen and oxygen atoms in total. The van der Waals surface area contributed by atoms with E-state index in [-0.39, 0.29) is 12.0 Å². The fourth-order valence-corrected chi connectivity index (χ4v) is 3.50. The Morgan fingerprint density at radius 2 is 2.17 bits per heavy atom.